The molecule has 0 radical (unpaired) electrons. The Balaban J connectivity index is 1.75. The third-order valence-electron chi connectivity index (χ3n) is 4.44. The minimum absolute atomic E-state index is 0.0628. The van der Waals surface area contributed by atoms with E-state index in [-0.39, 0.29) is 19.9 Å². The number of aliphatic carboxylic acids is 1. The summed E-state index contributed by atoms with van der Waals surface area (Å²) >= 11 is 0. The van der Waals surface area contributed by atoms with E-state index in [2.05, 4.69) is 0 Å². The van der Waals surface area contributed by atoms with Crippen LogP contribution in [0.3, 0.4) is 0 Å². The molecule has 25 heavy (non-hydrogen) atoms. The largest absolute Gasteiger partial charge is 0.481 e. The van der Waals surface area contributed by atoms with Gasteiger partial charge in [-0.15, -0.1) is 0 Å². The van der Waals surface area contributed by atoms with Crippen molar-refractivity contribution in [1.82, 2.24) is 4.90 Å². The van der Waals surface area contributed by atoms with E-state index >= 15 is 0 Å². The summed E-state index contributed by atoms with van der Waals surface area (Å²) in [4.78, 5) is 24.7. The first-order chi connectivity index (χ1) is 11.7. The molecule has 6 nitrogen and oxygen atoms in total. The van der Waals surface area contributed by atoms with Gasteiger partial charge in [0.2, 0.25) is 12.7 Å². The van der Waals surface area contributed by atoms with Crippen molar-refractivity contribution in [3.8, 4) is 11.5 Å². The van der Waals surface area contributed by atoms with Crippen molar-refractivity contribution in [2.24, 2.45) is 5.92 Å². The molecule has 1 N–H and O–H groups in total. The number of alkyl halides is 3. The van der Waals surface area contributed by atoms with Gasteiger partial charge in [-0.25, -0.2) is 0 Å². The Hall–Kier alpha value is -2.45. The lowest BCUT2D eigenvalue weighted by Crippen LogP contribution is -2.30. The van der Waals surface area contributed by atoms with Crippen LogP contribution in [0.4, 0.5) is 13.2 Å². The zero-order valence-electron chi connectivity index (χ0n) is 13.1. The van der Waals surface area contributed by atoms with Crippen LogP contribution in [-0.2, 0) is 9.59 Å². The molecular formula is C16H16F3NO5. The van der Waals surface area contributed by atoms with Crippen LogP contribution in [0.5, 0.6) is 11.5 Å². The Labute approximate surface area is 141 Å². The van der Waals surface area contributed by atoms with Gasteiger partial charge in [-0.2, -0.15) is 13.2 Å². The van der Waals surface area contributed by atoms with Crippen molar-refractivity contribution in [3.05, 3.63) is 23.8 Å². The number of carbonyl (C=O) groups excluding carboxylic acids is 1. The highest BCUT2D eigenvalue weighted by Gasteiger charge is 2.41. The summed E-state index contributed by atoms with van der Waals surface area (Å²) in [6.07, 6.45) is -6.31. The Morgan fingerprint density at radius 3 is 2.60 bits per heavy atom. The molecule has 1 aromatic rings. The Morgan fingerprint density at radius 1 is 1.20 bits per heavy atom. The molecule has 0 aliphatic carbocycles. The van der Waals surface area contributed by atoms with E-state index in [0.29, 0.717) is 17.1 Å². The summed E-state index contributed by atoms with van der Waals surface area (Å²) in [5.74, 6) is -2.13. The fourth-order valence-corrected chi connectivity index (χ4v) is 3.15. The molecule has 2 aliphatic heterocycles. The number of carboxylic acid groups (broad SMARTS) is 1. The first-order valence-electron chi connectivity index (χ1n) is 7.71. The third-order valence-corrected chi connectivity index (χ3v) is 4.44. The van der Waals surface area contributed by atoms with Gasteiger partial charge in [0.1, 0.15) is 0 Å². The van der Waals surface area contributed by atoms with Crippen LogP contribution in [0.25, 0.3) is 0 Å². The van der Waals surface area contributed by atoms with Gasteiger partial charge >= 0.3 is 12.1 Å². The highest BCUT2D eigenvalue weighted by atomic mass is 19.4. The SMILES string of the molecule is O=C(O)[C@@H]1CN(C(=O)CCC(F)(F)F)C[C@H]1c1ccc2c(c1)OCO2. The maximum absolute atomic E-state index is 12.3. The lowest BCUT2D eigenvalue weighted by molar-refractivity contribution is -0.149. The molecule has 3 rings (SSSR count). The molecule has 1 amide bonds. The minimum Gasteiger partial charge on any atom is -0.481 e. The second-order valence-electron chi connectivity index (χ2n) is 6.08. The van der Waals surface area contributed by atoms with E-state index < -0.39 is 42.7 Å². The molecule has 0 aromatic heterocycles. The molecule has 2 atom stereocenters. The number of fused-ring (bicyclic) bond motifs is 1. The maximum atomic E-state index is 12.3. The summed E-state index contributed by atoms with van der Waals surface area (Å²) in [5, 5.41) is 9.42. The van der Waals surface area contributed by atoms with Crippen LogP contribution in [0.2, 0.25) is 0 Å². The monoisotopic (exact) mass is 359 g/mol. The topological polar surface area (TPSA) is 76.1 Å². The molecule has 0 unspecified atom stereocenters. The van der Waals surface area contributed by atoms with Crippen molar-refractivity contribution in [1.29, 1.82) is 0 Å². The molecule has 1 fully saturated rings. The molecular weight excluding hydrogens is 343 g/mol. The van der Waals surface area contributed by atoms with E-state index in [1.54, 1.807) is 18.2 Å². The van der Waals surface area contributed by atoms with Crippen LogP contribution < -0.4 is 9.47 Å². The first kappa shape index (κ1) is 17.4. The van der Waals surface area contributed by atoms with E-state index in [4.69, 9.17) is 9.47 Å². The fraction of sp³-hybridized carbons (Fsp3) is 0.500. The zero-order valence-corrected chi connectivity index (χ0v) is 13.1. The molecule has 0 spiro atoms. The second-order valence-corrected chi connectivity index (χ2v) is 6.08. The first-order valence-corrected chi connectivity index (χ1v) is 7.71. The van der Waals surface area contributed by atoms with Crippen LogP contribution in [-0.4, -0.2) is 47.9 Å². The number of rotatable bonds is 4. The molecule has 2 aliphatic rings. The number of ether oxygens (including phenoxy) is 2. The number of nitrogens with zero attached hydrogens (tertiary/aromatic N) is 1. The van der Waals surface area contributed by atoms with Gasteiger partial charge in [0.05, 0.1) is 12.3 Å². The molecule has 2 heterocycles. The highest BCUT2D eigenvalue weighted by molar-refractivity contribution is 5.79. The van der Waals surface area contributed by atoms with Crippen LogP contribution in [0.15, 0.2) is 18.2 Å². The van der Waals surface area contributed by atoms with E-state index in [1.807, 2.05) is 0 Å². The summed E-state index contributed by atoms with van der Waals surface area (Å²) in [6, 6.07) is 5.01. The van der Waals surface area contributed by atoms with Crippen LogP contribution in [0, 0.1) is 5.92 Å². The number of likely N-dealkylation sites (tertiary alicyclic amines) is 1. The number of benzene rings is 1. The molecule has 9 heteroatoms. The maximum Gasteiger partial charge on any atom is 0.389 e. The van der Waals surface area contributed by atoms with E-state index in [0.717, 1.165) is 0 Å². The van der Waals surface area contributed by atoms with Gasteiger partial charge in [-0.1, -0.05) is 6.07 Å². The quantitative estimate of drug-likeness (QED) is 0.893. The fourth-order valence-electron chi connectivity index (χ4n) is 3.15. The Morgan fingerprint density at radius 2 is 1.92 bits per heavy atom. The predicted molar refractivity (Wildman–Crippen MR) is 78.3 cm³/mol. The zero-order chi connectivity index (χ0) is 18.2. The van der Waals surface area contributed by atoms with Crippen molar-refractivity contribution < 1.29 is 37.3 Å². The van der Waals surface area contributed by atoms with Crippen molar-refractivity contribution in [3.63, 3.8) is 0 Å². The third kappa shape index (κ3) is 3.80. The molecule has 0 saturated carbocycles. The highest BCUT2D eigenvalue weighted by Crippen LogP contribution is 2.39. The number of halogens is 3. The van der Waals surface area contributed by atoms with Crippen molar-refractivity contribution >= 4 is 11.9 Å². The van der Waals surface area contributed by atoms with Gasteiger partial charge < -0.3 is 19.5 Å². The smallest absolute Gasteiger partial charge is 0.389 e. The normalized spacial score (nSPS) is 22.3. The number of hydrogen-bond acceptors (Lipinski definition) is 4. The standard InChI is InChI=1S/C16H16F3NO5/c17-16(18,19)4-3-14(21)20-6-10(11(7-20)15(22)23)9-1-2-12-13(5-9)25-8-24-12/h1-2,5,10-11H,3-4,6-8H2,(H,22,23)/t10-,11+/m0/s1. The number of amides is 1. The summed E-state index contributed by atoms with van der Waals surface area (Å²) < 4.78 is 47.3. The van der Waals surface area contributed by atoms with Gasteiger partial charge in [-0.3, -0.25) is 9.59 Å². The number of carbonyl (C=O) groups is 2. The van der Waals surface area contributed by atoms with Crippen LogP contribution in [0.1, 0.15) is 24.3 Å². The molecule has 1 aromatic carbocycles. The van der Waals surface area contributed by atoms with Crippen molar-refractivity contribution in [2.75, 3.05) is 19.9 Å². The van der Waals surface area contributed by atoms with Gasteiger partial charge in [0.25, 0.3) is 0 Å². The van der Waals surface area contributed by atoms with E-state index in [1.165, 1.54) is 4.90 Å². The second kappa shape index (κ2) is 6.45. The Bertz CT molecular complexity index is 691. The van der Waals surface area contributed by atoms with E-state index in [9.17, 15) is 27.9 Å². The van der Waals surface area contributed by atoms with Crippen LogP contribution >= 0.6 is 0 Å². The summed E-state index contributed by atoms with van der Waals surface area (Å²) in [6.45, 7) is 0.0340. The molecule has 0 bridgehead atoms. The average molecular weight is 359 g/mol. The Kier molecular flexibility index (Phi) is 4.49. The van der Waals surface area contributed by atoms with Gasteiger partial charge in [0.15, 0.2) is 11.5 Å². The number of hydrogen-bond donors (Lipinski definition) is 1. The predicted octanol–water partition coefficient (Wildman–Crippen LogP) is 2.38. The summed E-state index contributed by atoms with van der Waals surface area (Å²) in [5.41, 5.74) is 0.655. The van der Waals surface area contributed by atoms with Gasteiger partial charge in [-0.05, 0) is 17.7 Å². The lowest BCUT2D eigenvalue weighted by Gasteiger charge is -2.17. The van der Waals surface area contributed by atoms with Gasteiger partial charge in [0, 0.05) is 25.4 Å². The average Bonchev–Trinajstić information content (AvgIpc) is 3.17. The minimum atomic E-state index is -4.42. The number of carboxylic acids is 1. The summed E-state index contributed by atoms with van der Waals surface area (Å²) in [7, 11) is 0. The lowest BCUT2D eigenvalue weighted by atomic mass is 9.89. The van der Waals surface area contributed by atoms with Crippen molar-refractivity contribution in [2.45, 2.75) is 24.9 Å². The molecule has 1 saturated heterocycles. The molecule has 136 valence electrons.